The van der Waals surface area contributed by atoms with Crippen LogP contribution in [0.5, 0.6) is 0 Å². The normalized spacial score (nSPS) is 10.8. The third-order valence-corrected chi connectivity index (χ3v) is 3.02. The molecule has 0 aliphatic rings. The second kappa shape index (κ2) is 4.37. The third kappa shape index (κ3) is 1.94. The number of benzene rings is 1. The van der Waals surface area contributed by atoms with Gasteiger partial charge >= 0.3 is 0 Å². The summed E-state index contributed by atoms with van der Waals surface area (Å²) >= 11 is 5.98. The van der Waals surface area contributed by atoms with Crippen molar-refractivity contribution in [2.24, 2.45) is 5.73 Å². The molecule has 0 radical (unpaired) electrons. The van der Waals surface area contributed by atoms with Gasteiger partial charge in [-0.15, -0.1) is 0 Å². The van der Waals surface area contributed by atoms with E-state index in [2.05, 4.69) is 10.1 Å². The van der Waals surface area contributed by atoms with Gasteiger partial charge in [-0.3, -0.25) is 4.79 Å². The number of nitrogens with two attached hydrogens (primary N) is 1. The molecule has 0 saturated heterocycles. The lowest BCUT2D eigenvalue weighted by molar-refractivity contribution is 0.100. The molecule has 94 valence electrons. The van der Waals surface area contributed by atoms with Crippen molar-refractivity contribution in [1.82, 2.24) is 14.6 Å². The number of amides is 1. The van der Waals surface area contributed by atoms with Crippen molar-refractivity contribution in [2.45, 2.75) is 0 Å². The average Bonchev–Trinajstić information content (AvgIpc) is 2.82. The molecule has 0 bridgehead atoms. The number of fused-ring (bicyclic) bond motifs is 1. The van der Waals surface area contributed by atoms with E-state index in [1.165, 1.54) is 6.20 Å². The predicted octanol–water partition coefficient (Wildman–Crippen LogP) is 2.15. The van der Waals surface area contributed by atoms with Crippen LogP contribution in [-0.2, 0) is 0 Å². The largest absolute Gasteiger partial charge is 0.365 e. The molecule has 2 N–H and O–H groups in total. The fourth-order valence-corrected chi connectivity index (χ4v) is 2.12. The van der Waals surface area contributed by atoms with Crippen molar-refractivity contribution in [3.05, 3.63) is 53.3 Å². The zero-order chi connectivity index (χ0) is 13.4. The van der Waals surface area contributed by atoms with Crippen LogP contribution in [0, 0.1) is 0 Å². The smallest absolute Gasteiger partial charge is 0.254 e. The van der Waals surface area contributed by atoms with Crippen LogP contribution in [0.4, 0.5) is 0 Å². The molecule has 2 heterocycles. The Hall–Kier alpha value is -2.40. The summed E-state index contributed by atoms with van der Waals surface area (Å²) in [7, 11) is 0. The van der Waals surface area contributed by atoms with Gasteiger partial charge in [-0.1, -0.05) is 23.7 Å². The standard InChI is InChI=1S/C13H9ClN4O/c14-9-3-1-2-8(6-9)11-4-5-16-13-10(12(15)19)7-17-18(11)13/h1-7H,(H2,15,19). The zero-order valence-electron chi connectivity index (χ0n) is 9.75. The summed E-state index contributed by atoms with van der Waals surface area (Å²) in [5, 5.41) is 4.79. The maximum atomic E-state index is 11.3. The molecule has 0 fully saturated rings. The van der Waals surface area contributed by atoms with Gasteiger partial charge in [-0.2, -0.15) is 5.10 Å². The summed E-state index contributed by atoms with van der Waals surface area (Å²) in [5.41, 5.74) is 7.69. The van der Waals surface area contributed by atoms with E-state index < -0.39 is 5.91 Å². The Morgan fingerprint density at radius 1 is 1.32 bits per heavy atom. The van der Waals surface area contributed by atoms with E-state index in [1.807, 2.05) is 18.2 Å². The zero-order valence-corrected chi connectivity index (χ0v) is 10.5. The minimum absolute atomic E-state index is 0.295. The first-order valence-electron chi connectivity index (χ1n) is 5.55. The highest BCUT2D eigenvalue weighted by Crippen LogP contribution is 2.23. The Morgan fingerprint density at radius 2 is 2.16 bits per heavy atom. The molecule has 0 saturated carbocycles. The molecule has 0 atom stereocenters. The minimum Gasteiger partial charge on any atom is -0.365 e. The summed E-state index contributed by atoms with van der Waals surface area (Å²) in [4.78, 5) is 15.4. The van der Waals surface area contributed by atoms with Crippen LogP contribution < -0.4 is 5.73 Å². The van der Waals surface area contributed by atoms with E-state index in [1.54, 1.807) is 22.8 Å². The van der Waals surface area contributed by atoms with Crippen LogP contribution >= 0.6 is 11.6 Å². The van der Waals surface area contributed by atoms with Crippen LogP contribution in [0.15, 0.2) is 42.7 Å². The molecular weight excluding hydrogens is 264 g/mol. The summed E-state index contributed by atoms with van der Waals surface area (Å²) in [5.74, 6) is -0.550. The van der Waals surface area contributed by atoms with Gasteiger partial charge in [0.25, 0.3) is 5.91 Å². The quantitative estimate of drug-likeness (QED) is 0.777. The van der Waals surface area contributed by atoms with E-state index in [0.29, 0.717) is 16.2 Å². The van der Waals surface area contributed by atoms with Crippen molar-refractivity contribution in [1.29, 1.82) is 0 Å². The third-order valence-electron chi connectivity index (χ3n) is 2.79. The van der Waals surface area contributed by atoms with Gasteiger partial charge in [0.2, 0.25) is 0 Å². The predicted molar refractivity (Wildman–Crippen MR) is 72.0 cm³/mol. The molecule has 19 heavy (non-hydrogen) atoms. The summed E-state index contributed by atoms with van der Waals surface area (Å²) in [6, 6.07) is 9.18. The number of carbonyl (C=O) groups excluding carboxylic acids is 1. The molecule has 2 aromatic heterocycles. The van der Waals surface area contributed by atoms with Gasteiger partial charge in [0.15, 0.2) is 5.65 Å². The van der Waals surface area contributed by atoms with E-state index in [0.717, 1.165) is 11.3 Å². The van der Waals surface area contributed by atoms with Crippen LogP contribution in [0.1, 0.15) is 10.4 Å². The highest BCUT2D eigenvalue weighted by Gasteiger charge is 2.13. The Labute approximate surface area is 113 Å². The number of halogens is 1. The van der Waals surface area contributed by atoms with Crippen molar-refractivity contribution in [2.75, 3.05) is 0 Å². The van der Waals surface area contributed by atoms with Crippen LogP contribution in [0.3, 0.4) is 0 Å². The molecule has 3 aromatic rings. The monoisotopic (exact) mass is 272 g/mol. The summed E-state index contributed by atoms with van der Waals surface area (Å²) in [6.07, 6.45) is 3.03. The Kier molecular flexibility index (Phi) is 2.68. The number of aromatic nitrogens is 3. The highest BCUT2D eigenvalue weighted by atomic mass is 35.5. The van der Waals surface area contributed by atoms with Crippen LogP contribution in [0.25, 0.3) is 16.9 Å². The molecular formula is C13H9ClN4O. The van der Waals surface area contributed by atoms with Gasteiger partial charge in [-0.25, -0.2) is 9.50 Å². The van der Waals surface area contributed by atoms with E-state index in [9.17, 15) is 4.79 Å². The molecule has 6 heteroatoms. The van der Waals surface area contributed by atoms with Gasteiger partial charge in [0.05, 0.1) is 11.9 Å². The first-order valence-corrected chi connectivity index (χ1v) is 5.93. The fraction of sp³-hybridized carbons (Fsp3) is 0. The highest BCUT2D eigenvalue weighted by molar-refractivity contribution is 6.30. The molecule has 0 spiro atoms. The van der Waals surface area contributed by atoms with Gasteiger partial charge in [0.1, 0.15) is 5.56 Å². The lowest BCUT2D eigenvalue weighted by Gasteiger charge is -2.05. The number of hydrogen-bond acceptors (Lipinski definition) is 3. The first kappa shape index (κ1) is 11.7. The SMILES string of the molecule is NC(=O)c1cnn2c(-c3cccc(Cl)c3)ccnc12. The number of nitrogens with zero attached hydrogens (tertiary/aromatic N) is 3. The summed E-state index contributed by atoms with van der Waals surface area (Å²) in [6.45, 7) is 0. The topological polar surface area (TPSA) is 73.3 Å². The van der Waals surface area contributed by atoms with E-state index in [4.69, 9.17) is 17.3 Å². The maximum Gasteiger partial charge on any atom is 0.254 e. The van der Waals surface area contributed by atoms with Crippen LogP contribution in [-0.4, -0.2) is 20.5 Å². The van der Waals surface area contributed by atoms with Crippen molar-refractivity contribution in [3.8, 4) is 11.3 Å². The Morgan fingerprint density at radius 3 is 2.89 bits per heavy atom. The van der Waals surface area contributed by atoms with E-state index in [-0.39, 0.29) is 0 Å². The van der Waals surface area contributed by atoms with Crippen molar-refractivity contribution in [3.63, 3.8) is 0 Å². The number of carbonyl (C=O) groups is 1. The molecule has 0 aliphatic heterocycles. The molecule has 1 aromatic carbocycles. The second-order valence-electron chi connectivity index (χ2n) is 4.00. The van der Waals surface area contributed by atoms with Crippen molar-refractivity contribution >= 4 is 23.2 Å². The van der Waals surface area contributed by atoms with Gasteiger partial charge in [0, 0.05) is 16.8 Å². The second-order valence-corrected chi connectivity index (χ2v) is 4.43. The Bertz CT molecular complexity index is 781. The number of hydrogen-bond donors (Lipinski definition) is 1. The van der Waals surface area contributed by atoms with Gasteiger partial charge < -0.3 is 5.73 Å². The van der Waals surface area contributed by atoms with Crippen LogP contribution in [0.2, 0.25) is 5.02 Å². The summed E-state index contributed by atoms with van der Waals surface area (Å²) < 4.78 is 1.58. The molecule has 1 amide bonds. The maximum absolute atomic E-state index is 11.3. The average molecular weight is 273 g/mol. The number of primary amides is 1. The fourth-order valence-electron chi connectivity index (χ4n) is 1.93. The van der Waals surface area contributed by atoms with Gasteiger partial charge in [-0.05, 0) is 18.2 Å². The Balaban J connectivity index is 2.28. The molecule has 0 unspecified atom stereocenters. The van der Waals surface area contributed by atoms with Crippen molar-refractivity contribution < 1.29 is 4.79 Å². The number of rotatable bonds is 2. The molecule has 3 rings (SSSR count). The molecule has 0 aliphatic carbocycles. The van der Waals surface area contributed by atoms with E-state index >= 15 is 0 Å². The molecule has 5 nitrogen and oxygen atoms in total. The lowest BCUT2D eigenvalue weighted by atomic mass is 10.1. The minimum atomic E-state index is -0.550. The first-order chi connectivity index (χ1) is 9.16. The lowest BCUT2D eigenvalue weighted by Crippen LogP contribution is -2.11.